The Hall–Kier alpha value is -0.450. The lowest BCUT2D eigenvalue weighted by molar-refractivity contribution is -0.200. The predicted octanol–water partition coefficient (Wildman–Crippen LogP) is 3.87. The Morgan fingerprint density at radius 1 is 1.24 bits per heavy atom. The van der Waals surface area contributed by atoms with Crippen LogP contribution >= 0.6 is 0 Å². The SMILES string of the molecule is CC1CCC2C(C)(C)C3CC12CCC3(CC=O)NC(O)OC(C)(C)C. The fourth-order valence-electron chi connectivity index (χ4n) is 6.97. The van der Waals surface area contributed by atoms with Crippen molar-refractivity contribution >= 4 is 6.29 Å². The maximum atomic E-state index is 11.6. The number of nitrogens with one attached hydrogen (secondary N) is 1. The van der Waals surface area contributed by atoms with Crippen molar-refractivity contribution in [3.8, 4) is 0 Å². The standard InChI is InChI=1S/C21H37NO3/c1-14-7-8-15-19(5,6)16-13-20(14,15)9-10-21(16,11-12-23)22-17(24)25-18(2,3)4/h12,14-17,22,24H,7-11,13H2,1-6H3. The number of ether oxygens (including phenoxy) is 1. The van der Waals surface area contributed by atoms with Crippen LogP contribution in [0.15, 0.2) is 0 Å². The summed E-state index contributed by atoms with van der Waals surface area (Å²) in [6, 6.07) is 0. The molecule has 1 spiro atoms. The average molecular weight is 352 g/mol. The number of aldehydes is 1. The molecule has 4 heteroatoms. The zero-order valence-corrected chi connectivity index (χ0v) is 16.9. The second-order valence-electron chi connectivity index (χ2n) is 10.6. The van der Waals surface area contributed by atoms with E-state index in [-0.39, 0.29) is 11.0 Å². The van der Waals surface area contributed by atoms with Gasteiger partial charge in [0.1, 0.15) is 6.29 Å². The van der Waals surface area contributed by atoms with E-state index < -0.39 is 12.0 Å². The smallest absolute Gasteiger partial charge is 0.214 e. The minimum absolute atomic E-state index is 0.179. The molecule has 0 aromatic rings. The van der Waals surface area contributed by atoms with E-state index in [1.165, 1.54) is 19.3 Å². The van der Waals surface area contributed by atoms with Crippen LogP contribution in [0.3, 0.4) is 0 Å². The van der Waals surface area contributed by atoms with Crippen LogP contribution in [0.25, 0.3) is 0 Å². The van der Waals surface area contributed by atoms with E-state index in [1.807, 2.05) is 20.8 Å². The molecule has 6 unspecified atom stereocenters. The molecule has 0 aromatic carbocycles. The van der Waals surface area contributed by atoms with Crippen molar-refractivity contribution in [3.63, 3.8) is 0 Å². The first-order valence-electron chi connectivity index (χ1n) is 10.0. The summed E-state index contributed by atoms with van der Waals surface area (Å²) in [5.74, 6) is 1.90. The number of hydrogen-bond acceptors (Lipinski definition) is 4. The number of hydrogen-bond donors (Lipinski definition) is 2. The molecule has 3 fully saturated rings. The van der Waals surface area contributed by atoms with Gasteiger partial charge >= 0.3 is 0 Å². The Kier molecular flexibility index (Phi) is 4.66. The van der Waals surface area contributed by atoms with Gasteiger partial charge in [-0.05, 0) is 81.5 Å². The topological polar surface area (TPSA) is 58.6 Å². The monoisotopic (exact) mass is 351 g/mol. The van der Waals surface area contributed by atoms with Gasteiger partial charge in [-0.1, -0.05) is 20.8 Å². The van der Waals surface area contributed by atoms with Crippen molar-refractivity contribution in [2.24, 2.45) is 28.6 Å². The van der Waals surface area contributed by atoms with E-state index in [0.29, 0.717) is 17.8 Å². The van der Waals surface area contributed by atoms with Gasteiger partial charge in [-0.2, -0.15) is 0 Å². The van der Waals surface area contributed by atoms with E-state index in [1.54, 1.807) is 0 Å². The van der Waals surface area contributed by atoms with E-state index in [4.69, 9.17) is 4.74 Å². The highest BCUT2D eigenvalue weighted by molar-refractivity contribution is 5.52. The summed E-state index contributed by atoms with van der Waals surface area (Å²) in [6.07, 6.45) is 6.36. The van der Waals surface area contributed by atoms with Crippen LogP contribution in [0.2, 0.25) is 0 Å². The molecule has 25 heavy (non-hydrogen) atoms. The average Bonchev–Trinajstić information content (AvgIpc) is 2.87. The van der Waals surface area contributed by atoms with Crippen LogP contribution in [0.1, 0.15) is 80.1 Å². The first kappa shape index (κ1) is 19.3. The minimum Gasteiger partial charge on any atom is -0.356 e. The van der Waals surface area contributed by atoms with Gasteiger partial charge in [0.25, 0.3) is 0 Å². The lowest BCUT2D eigenvalue weighted by Crippen LogP contribution is -2.60. The summed E-state index contributed by atoms with van der Waals surface area (Å²) in [7, 11) is 0. The van der Waals surface area contributed by atoms with Crippen LogP contribution in [0.5, 0.6) is 0 Å². The molecule has 6 atom stereocenters. The molecule has 0 aliphatic heterocycles. The summed E-state index contributed by atoms with van der Waals surface area (Å²) >= 11 is 0. The van der Waals surface area contributed by atoms with Crippen molar-refractivity contribution in [3.05, 3.63) is 0 Å². The maximum Gasteiger partial charge on any atom is 0.214 e. The lowest BCUT2D eigenvalue weighted by atomic mass is 9.61. The van der Waals surface area contributed by atoms with Gasteiger partial charge < -0.3 is 14.6 Å². The Morgan fingerprint density at radius 3 is 2.52 bits per heavy atom. The van der Waals surface area contributed by atoms with Gasteiger partial charge in [0, 0.05) is 12.0 Å². The van der Waals surface area contributed by atoms with Gasteiger partial charge in [0.2, 0.25) is 6.41 Å². The van der Waals surface area contributed by atoms with E-state index in [0.717, 1.165) is 31.0 Å². The van der Waals surface area contributed by atoms with Crippen molar-refractivity contribution in [1.29, 1.82) is 0 Å². The Balaban J connectivity index is 1.90. The van der Waals surface area contributed by atoms with Crippen molar-refractivity contribution < 1.29 is 14.6 Å². The van der Waals surface area contributed by atoms with Crippen LogP contribution in [-0.4, -0.2) is 28.9 Å². The summed E-state index contributed by atoms with van der Waals surface area (Å²) in [6.45, 7) is 13.0. The summed E-state index contributed by atoms with van der Waals surface area (Å²) < 4.78 is 5.73. The summed E-state index contributed by atoms with van der Waals surface area (Å²) in [4.78, 5) is 11.6. The molecule has 3 saturated carbocycles. The molecular weight excluding hydrogens is 314 g/mol. The zero-order valence-electron chi connectivity index (χ0n) is 16.9. The number of aliphatic hydroxyl groups is 1. The van der Waals surface area contributed by atoms with Crippen LogP contribution in [-0.2, 0) is 9.53 Å². The Morgan fingerprint density at radius 2 is 1.92 bits per heavy atom. The number of carbonyl (C=O) groups is 1. The molecule has 0 saturated heterocycles. The van der Waals surface area contributed by atoms with Crippen molar-refractivity contribution in [2.75, 3.05) is 0 Å². The molecule has 2 bridgehead atoms. The van der Waals surface area contributed by atoms with E-state index in [2.05, 4.69) is 26.1 Å². The van der Waals surface area contributed by atoms with E-state index in [9.17, 15) is 9.90 Å². The van der Waals surface area contributed by atoms with Crippen molar-refractivity contribution in [1.82, 2.24) is 5.32 Å². The second kappa shape index (κ2) is 6.03. The number of fused-ring (bicyclic) bond motifs is 1. The highest BCUT2D eigenvalue weighted by Gasteiger charge is 2.68. The fourth-order valence-corrected chi connectivity index (χ4v) is 6.97. The Labute approximate surface area is 153 Å². The molecule has 0 amide bonds. The van der Waals surface area contributed by atoms with Gasteiger partial charge in [-0.25, -0.2) is 0 Å². The molecule has 3 aliphatic rings. The normalized spacial score (nSPS) is 43.7. The minimum atomic E-state index is -1.04. The highest BCUT2D eigenvalue weighted by atomic mass is 16.6. The molecule has 2 N–H and O–H groups in total. The van der Waals surface area contributed by atoms with Crippen molar-refractivity contribution in [2.45, 2.75) is 97.6 Å². The van der Waals surface area contributed by atoms with Crippen LogP contribution < -0.4 is 5.32 Å². The van der Waals surface area contributed by atoms with E-state index >= 15 is 0 Å². The quantitative estimate of drug-likeness (QED) is 0.583. The lowest BCUT2D eigenvalue weighted by Gasteiger charge is -2.50. The molecular formula is C21H37NO3. The third kappa shape index (κ3) is 2.98. The number of carbonyl (C=O) groups excluding carboxylic acids is 1. The van der Waals surface area contributed by atoms with Gasteiger partial charge in [-0.3, -0.25) is 5.32 Å². The zero-order chi connectivity index (χ0) is 18.7. The summed E-state index contributed by atoms with van der Waals surface area (Å²) in [5.41, 5.74) is -0.164. The Bertz CT molecular complexity index is 526. The first-order chi connectivity index (χ1) is 11.5. The molecule has 4 nitrogen and oxygen atoms in total. The molecule has 0 heterocycles. The van der Waals surface area contributed by atoms with Gasteiger partial charge in [-0.15, -0.1) is 0 Å². The number of aliphatic hydroxyl groups excluding tert-OH is 1. The first-order valence-corrected chi connectivity index (χ1v) is 10.0. The highest BCUT2D eigenvalue weighted by Crippen LogP contribution is 2.73. The third-order valence-corrected chi connectivity index (χ3v) is 7.97. The summed E-state index contributed by atoms with van der Waals surface area (Å²) in [5, 5.41) is 13.9. The molecule has 144 valence electrons. The van der Waals surface area contributed by atoms with Crippen LogP contribution in [0.4, 0.5) is 0 Å². The molecule has 0 radical (unpaired) electrons. The van der Waals surface area contributed by atoms with Crippen LogP contribution in [0, 0.1) is 28.6 Å². The third-order valence-electron chi connectivity index (χ3n) is 7.97. The van der Waals surface area contributed by atoms with Gasteiger partial charge in [0.15, 0.2) is 0 Å². The molecule has 3 aliphatic carbocycles. The second-order valence-corrected chi connectivity index (χ2v) is 10.6. The molecule has 0 aromatic heterocycles. The fraction of sp³-hybridized carbons (Fsp3) is 0.952. The molecule has 3 rings (SSSR count). The predicted molar refractivity (Wildman–Crippen MR) is 98.8 cm³/mol. The number of rotatable bonds is 5. The maximum absolute atomic E-state index is 11.6. The van der Waals surface area contributed by atoms with Gasteiger partial charge in [0.05, 0.1) is 5.60 Å². The largest absolute Gasteiger partial charge is 0.356 e.